The van der Waals surface area contributed by atoms with Gasteiger partial charge < -0.3 is 10.6 Å². The quantitative estimate of drug-likeness (QED) is 0.891. The van der Waals surface area contributed by atoms with Gasteiger partial charge in [-0.2, -0.15) is 0 Å². The lowest BCUT2D eigenvalue weighted by Gasteiger charge is -2.22. The first-order valence-corrected chi connectivity index (χ1v) is 7.41. The van der Waals surface area contributed by atoms with E-state index in [4.69, 9.17) is 5.73 Å². The predicted molar refractivity (Wildman–Crippen MR) is 86.2 cm³/mol. The number of rotatable bonds is 6. The van der Waals surface area contributed by atoms with Crippen LogP contribution >= 0.6 is 0 Å². The molecule has 0 unspecified atom stereocenters. The van der Waals surface area contributed by atoms with Gasteiger partial charge in [0.2, 0.25) is 0 Å². The van der Waals surface area contributed by atoms with E-state index in [0.717, 1.165) is 17.5 Å². The van der Waals surface area contributed by atoms with Crippen LogP contribution in [0.5, 0.6) is 0 Å². The Balaban J connectivity index is 2.11. The molecular weight excluding hydrogens is 279 g/mol. The lowest BCUT2D eigenvalue weighted by molar-refractivity contribution is 0.0757. The van der Waals surface area contributed by atoms with E-state index < -0.39 is 5.82 Å². The number of nitrogens with zero attached hydrogens (tertiary/aromatic N) is 1. The van der Waals surface area contributed by atoms with Crippen molar-refractivity contribution in [3.05, 3.63) is 71.0 Å². The average Bonchev–Trinajstić information content (AvgIpc) is 2.52. The molecule has 0 bridgehead atoms. The fraction of sp³-hybridized carbons (Fsp3) is 0.278. The Morgan fingerprint density at radius 2 is 1.86 bits per heavy atom. The van der Waals surface area contributed by atoms with Crippen molar-refractivity contribution in [3.8, 4) is 0 Å². The minimum atomic E-state index is -0.480. The van der Waals surface area contributed by atoms with Gasteiger partial charge >= 0.3 is 0 Å². The van der Waals surface area contributed by atoms with Crippen LogP contribution in [0.4, 0.5) is 4.39 Å². The maximum atomic E-state index is 14.0. The molecule has 2 N–H and O–H groups in total. The summed E-state index contributed by atoms with van der Waals surface area (Å²) in [6, 6.07) is 14.6. The van der Waals surface area contributed by atoms with Gasteiger partial charge in [0.25, 0.3) is 5.91 Å². The summed E-state index contributed by atoms with van der Waals surface area (Å²) >= 11 is 0. The molecule has 0 aromatic heterocycles. The largest absolute Gasteiger partial charge is 0.337 e. The molecule has 0 spiro atoms. The first-order chi connectivity index (χ1) is 10.6. The Bertz CT molecular complexity index is 628. The van der Waals surface area contributed by atoms with Crippen LogP contribution in [-0.2, 0) is 6.42 Å². The summed E-state index contributed by atoms with van der Waals surface area (Å²) in [5.41, 5.74) is 7.63. The third-order valence-electron chi connectivity index (χ3n) is 3.55. The zero-order chi connectivity index (χ0) is 15.9. The minimum Gasteiger partial charge on any atom is -0.337 e. The lowest BCUT2D eigenvalue weighted by Crippen LogP contribution is -2.37. The van der Waals surface area contributed by atoms with Crippen LogP contribution in [0.2, 0.25) is 0 Å². The van der Waals surface area contributed by atoms with Gasteiger partial charge in [0.15, 0.2) is 0 Å². The first kappa shape index (κ1) is 16.2. The minimum absolute atomic E-state index is 0.104. The van der Waals surface area contributed by atoms with Gasteiger partial charge in [0.05, 0.1) is 5.56 Å². The van der Waals surface area contributed by atoms with Gasteiger partial charge in [-0.05, 0) is 36.6 Å². The molecular formula is C18H21FN2O. The number of hydrogen-bond acceptors (Lipinski definition) is 2. The van der Waals surface area contributed by atoms with Crippen LogP contribution in [0.25, 0.3) is 0 Å². The molecule has 0 saturated carbocycles. The molecule has 0 radical (unpaired) electrons. The summed E-state index contributed by atoms with van der Waals surface area (Å²) in [5.74, 6) is -0.786. The molecule has 2 aromatic carbocycles. The smallest absolute Gasteiger partial charge is 0.256 e. The maximum Gasteiger partial charge on any atom is 0.256 e. The summed E-state index contributed by atoms with van der Waals surface area (Å²) in [6.07, 6.45) is 0.722. The van der Waals surface area contributed by atoms with Gasteiger partial charge in [-0.3, -0.25) is 4.79 Å². The summed E-state index contributed by atoms with van der Waals surface area (Å²) in [4.78, 5) is 14.1. The van der Waals surface area contributed by atoms with E-state index in [-0.39, 0.29) is 11.5 Å². The number of amides is 1. The Kier molecular flexibility index (Phi) is 5.67. The van der Waals surface area contributed by atoms with E-state index >= 15 is 0 Å². The second-order valence-electron chi connectivity index (χ2n) is 5.30. The predicted octanol–water partition coefficient (Wildman–Crippen LogP) is 2.78. The molecule has 0 atom stereocenters. The SMILES string of the molecule is Cc1ccc(C(=O)N(CCN)CCc2ccccc2)c(F)c1. The van der Waals surface area contributed by atoms with Crippen molar-refractivity contribution >= 4 is 5.91 Å². The monoisotopic (exact) mass is 300 g/mol. The van der Waals surface area contributed by atoms with Crippen molar-refractivity contribution in [1.29, 1.82) is 0 Å². The Morgan fingerprint density at radius 3 is 2.50 bits per heavy atom. The van der Waals surface area contributed by atoms with Gasteiger partial charge in [-0.15, -0.1) is 0 Å². The summed E-state index contributed by atoms with van der Waals surface area (Å²) in [7, 11) is 0. The standard InChI is InChI=1S/C18H21FN2O/c1-14-7-8-16(17(19)13-14)18(22)21(12-10-20)11-9-15-5-3-2-4-6-15/h2-8,13H,9-12,20H2,1H3. The first-order valence-electron chi connectivity index (χ1n) is 7.41. The van der Waals surface area contributed by atoms with E-state index in [0.29, 0.717) is 19.6 Å². The molecule has 0 aliphatic heterocycles. The summed E-state index contributed by atoms with van der Waals surface area (Å²) in [6.45, 7) is 3.09. The zero-order valence-corrected chi connectivity index (χ0v) is 12.8. The van der Waals surface area contributed by atoms with Crippen molar-refractivity contribution in [2.45, 2.75) is 13.3 Å². The molecule has 22 heavy (non-hydrogen) atoms. The molecule has 1 amide bonds. The van der Waals surface area contributed by atoms with Gasteiger partial charge in [0.1, 0.15) is 5.82 Å². The molecule has 4 heteroatoms. The average molecular weight is 300 g/mol. The van der Waals surface area contributed by atoms with Crippen LogP contribution in [0.3, 0.4) is 0 Å². The lowest BCUT2D eigenvalue weighted by atomic mass is 10.1. The fourth-order valence-electron chi connectivity index (χ4n) is 2.34. The third kappa shape index (κ3) is 4.15. The molecule has 2 aromatic rings. The summed E-state index contributed by atoms with van der Waals surface area (Å²) in [5, 5.41) is 0. The van der Waals surface area contributed by atoms with Crippen molar-refractivity contribution in [3.63, 3.8) is 0 Å². The van der Waals surface area contributed by atoms with Crippen molar-refractivity contribution in [2.24, 2.45) is 5.73 Å². The second-order valence-corrected chi connectivity index (χ2v) is 5.30. The topological polar surface area (TPSA) is 46.3 Å². The van der Waals surface area contributed by atoms with Crippen LogP contribution < -0.4 is 5.73 Å². The number of carbonyl (C=O) groups is 1. The van der Waals surface area contributed by atoms with Gasteiger partial charge in [-0.25, -0.2) is 4.39 Å². The highest BCUT2D eigenvalue weighted by atomic mass is 19.1. The molecule has 0 heterocycles. The van der Waals surface area contributed by atoms with E-state index in [2.05, 4.69) is 0 Å². The second kappa shape index (κ2) is 7.71. The van der Waals surface area contributed by atoms with E-state index in [1.165, 1.54) is 6.07 Å². The third-order valence-corrected chi connectivity index (χ3v) is 3.55. The fourth-order valence-corrected chi connectivity index (χ4v) is 2.34. The van der Waals surface area contributed by atoms with Gasteiger partial charge in [-0.1, -0.05) is 36.4 Å². The number of nitrogens with two attached hydrogens (primary N) is 1. The van der Waals surface area contributed by atoms with Crippen molar-refractivity contribution in [2.75, 3.05) is 19.6 Å². The zero-order valence-electron chi connectivity index (χ0n) is 12.8. The van der Waals surface area contributed by atoms with E-state index in [1.807, 2.05) is 30.3 Å². The highest BCUT2D eigenvalue weighted by Crippen LogP contribution is 2.13. The Hall–Kier alpha value is -2.20. The molecule has 0 aliphatic rings. The Morgan fingerprint density at radius 1 is 1.14 bits per heavy atom. The number of carbonyl (C=O) groups excluding carboxylic acids is 1. The van der Waals surface area contributed by atoms with Crippen molar-refractivity contribution < 1.29 is 9.18 Å². The van der Waals surface area contributed by atoms with Crippen LogP contribution in [0, 0.1) is 12.7 Å². The molecule has 0 aliphatic carbocycles. The maximum absolute atomic E-state index is 14.0. The highest BCUT2D eigenvalue weighted by Gasteiger charge is 2.18. The molecule has 116 valence electrons. The number of hydrogen-bond donors (Lipinski definition) is 1. The van der Waals surface area contributed by atoms with Crippen molar-refractivity contribution in [1.82, 2.24) is 4.90 Å². The summed E-state index contributed by atoms with van der Waals surface area (Å²) < 4.78 is 14.0. The number of aryl methyl sites for hydroxylation is 1. The number of halogens is 1. The molecule has 0 saturated heterocycles. The molecule has 0 fully saturated rings. The van der Waals surface area contributed by atoms with Gasteiger partial charge in [0, 0.05) is 19.6 Å². The molecule has 2 rings (SSSR count). The van der Waals surface area contributed by atoms with E-state index in [1.54, 1.807) is 24.0 Å². The molecule has 3 nitrogen and oxygen atoms in total. The Labute approximate surface area is 130 Å². The normalized spacial score (nSPS) is 10.5. The number of benzene rings is 2. The highest BCUT2D eigenvalue weighted by molar-refractivity contribution is 5.94. The van der Waals surface area contributed by atoms with Crippen LogP contribution in [-0.4, -0.2) is 30.4 Å². The van der Waals surface area contributed by atoms with Crippen LogP contribution in [0.1, 0.15) is 21.5 Å². The van der Waals surface area contributed by atoms with E-state index in [9.17, 15) is 9.18 Å². The van der Waals surface area contributed by atoms with Crippen LogP contribution in [0.15, 0.2) is 48.5 Å².